The van der Waals surface area contributed by atoms with Crippen LogP contribution in [0.25, 0.3) is 0 Å². The molecule has 142 valence electrons. The lowest BCUT2D eigenvalue weighted by Crippen LogP contribution is -2.50. The number of halogens is 1. The second-order valence-electron chi connectivity index (χ2n) is 6.14. The van der Waals surface area contributed by atoms with E-state index in [1.807, 2.05) is 6.07 Å². The summed E-state index contributed by atoms with van der Waals surface area (Å²) in [5.41, 5.74) is 1.33. The molecule has 0 spiro atoms. The van der Waals surface area contributed by atoms with Gasteiger partial charge in [-0.15, -0.1) is 0 Å². The minimum Gasteiger partial charge on any atom is -0.477 e. The number of nitrogens with one attached hydrogen (secondary N) is 1. The lowest BCUT2D eigenvalue weighted by atomic mass is 10.1. The fourth-order valence-electron chi connectivity index (χ4n) is 2.83. The van der Waals surface area contributed by atoms with Gasteiger partial charge in [-0.05, 0) is 23.8 Å². The molecule has 2 aromatic rings. The normalized spacial score (nSPS) is 15.6. The number of hydrogen-bond acceptors (Lipinski definition) is 4. The Balaban J connectivity index is 1.48. The maximum Gasteiger partial charge on any atom is 0.263 e. The van der Waals surface area contributed by atoms with Gasteiger partial charge in [-0.1, -0.05) is 30.3 Å². The fourth-order valence-corrected chi connectivity index (χ4v) is 3.67. The van der Waals surface area contributed by atoms with E-state index in [0.29, 0.717) is 35.1 Å². The zero-order valence-electron chi connectivity index (χ0n) is 15.0. The third-order valence-electron chi connectivity index (χ3n) is 4.21. The summed E-state index contributed by atoms with van der Waals surface area (Å²) in [4.78, 5) is 25.9. The van der Waals surface area contributed by atoms with Crippen LogP contribution in [0.15, 0.2) is 48.5 Å². The number of para-hydroxylation sites is 2. The monoisotopic (exact) mass is 388 g/mol. The van der Waals surface area contributed by atoms with Crippen molar-refractivity contribution in [2.24, 2.45) is 0 Å². The first-order valence-corrected chi connectivity index (χ1v) is 9.84. The minimum atomic E-state index is -0.750. The molecule has 5 nitrogen and oxygen atoms in total. The van der Waals surface area contributed by atoms with Crippen LogP contribution < -0.4 is 15.0 Å². The van der Waals surface area contributed by atoms with Gasteiger partial charge in [0.25, 0.3) is 5.91 Å². The van der Waals surface area contributed by atoms with Gasteiger partial charge < -0.3 is 15.0 Å². The van der Waals surface area contributed by atoms with Gasteiger partial charge in [-0.3, -0.25) is 9.59 Å². The molecule has 0 saturated heterocycles. The zero-order valence-corrected chi connectivity index (χ0v) is 15.8. The molecule has 1 aliphatic heterocycles. The molecular weight excluding hydrogens is 367 g/mol. The highest BCUT2D eigenvalue weighted by atomic mass is 32.2. The lowest BCUT2D eigenvalue weighted by Gasteiger charge is -2.33. The van der Waals surface area contributed by atoms with E-state index in [9.17, 15) is 14.0 Å². The number of nitrogens with zero attached hydrogens (tertiary/aromatic N) is 1. The van der Waals surface area contributed by atoms with Gasteiger partial charge >= 0.3 is 0 Å². The predicted octanol–water partition coefficient (Wildman–Crippen LogP) is 2.99. The van der Waals surface area contributed by atoms with Gasteiger partial charge in [-0.25, -0.2) is 4.39 Å². The second-order valence-corrected chi connectivity index (χ2v) is 7.24. The van der Waals surface area contributed by atoms with E-state index in [0.717, 1.165) is 0 Å². The molecule has 7 heteroatoms. The number of amides is 2. The molecule has 0 bridgehead atoms. The number of carbonyl (C=O) groups excluding carboxylic acids is 2. The van der Waals surface area contributed by atoms with Crippen molar-refractivity contribution in [3.8, 4) is 5.75 Å². The first-order valence-electron chi connectivity index (χ1n) is 8.69. The molecular formula is C20H21FN2O3S. The SMILES string of the molecule is CC(=O)N1C[C@@H](C(=O)NCCSCc2ccccc2F)Oc2ccccc21. The second kappa shape index (κ2) is 8.90. The maximum atomic E-state index is 13.6. The van der Waals surface area contributed by atoms with Crippen molar-refractivity contribution >= 4 is 29.3 Å². The van der Waals surface area contributed by atoms with Crippen LogP contribution in [0.1, 0.15) is 12.5 Å². The molecule has 0 unspecified atom stereocenters. The van der Waals surface area contributed by atoms with Crippen molar-refractivity contribution in [3.63, 3.8) is 0 Å². The van der Waals surface area contributed by atoms with E-state index in [2.05, 4.69) is 5.32 Å². The molecule has 1 aliphatic rings. The number of benzene rings is 2. The molecule has 3 rings (SSSR count). The van der Waals surface area contributed by atoms with Gasteiger partial charge in [0.2, 0.25) is 5.91 Å². The molecule has 1 atom stereocenters. The Morgan fingerprint density at radius 3 is 2.74 bits per heavy atom. The van der Waals surface area contributed by atoms with Gasteiger partial charge in [-0.2, -0.15) is 11.8 Å². The molecule has 0 saturated carbocycles. The highest BCUT2D eigenvalue weighted by Gasteiger charge is 2.32. The van der Waals surface area contributed by atoms with Crippen LogP contribution in [0.3, 0.4) is 0 Å². The van der Waals surface area contributed by atoms with Crippen LogP contribution in [0.2, 0.25) is 0 Å². The number of carbonyl (C=O) groups is 2. The van der Waals surface area contributed by atoms with E-state index < -0.39 is 6.10 Å². The highest BCUT2D eigenvalue weighted by Crippen LogP contribution is 2.33. The third kappa shape index (κ3) is 4.80. The molecule has 1 heterocycles. The quantitative estimate of drug-likeness (QED) is 0.773. The van der Waals surface area contributed by atoms with E-state index in [4.69, 9.17) is 4.74 Å². The highest BCUT2D eigenvalue weighted by molar-refractivity contribution is 7.98. The molecule has 27 heavy (non-hydrogen) atoms. The van der Waals surface area contributed by atoms with Crippen molar-refractivity contribution in [2.45, 2.75) is 18.8 Å². The first kappa shape index (κ1) is 19.2. The number of rotatable bonds is 6. The summed E-state index contributed by atoms with van der Waals surface area (Å²) in [6.07, 6.45) is -0.750. The summed E-state index contributed by atoms with van der Waals surface area (Å²) in [6.45, 7) is 2.09. The largest absolute Gasteiger partial charge is 0.477 e. The first-order chi connectivity index (χ1) is 13.1. The molecule has 0 fully saturated rings. The number of ether oxygens (including phenoxy) is 1. The van der Waals surface area contributed by atoms with Gasteiger partial charge in [0.1, 0.15) is 11.6 Å². The van der Waals surface area contributed by atoms with E-state index in [-0.39, 0.29) is 24.2 Å². The number of fused-ring (bicyclic) bond motifs is 1. The average Bonchev–Trinajstić information content (AvgIpc) is 2.67. The predicted molar refractivity (Wildman–Crippen MR) is 104 cm³/mol. The van der Waals surface area contributed by atoms with Crippen LogP contribution >= 0.6 is 11.8 Å². The smallest absolute Gasteiger partial charge is 0.263 e. The van der Waals surface area contributed by atoms with Crippen molar-refractivity contribution in [3.05, 3.63) is 59.9 Å². The average molecular weight is 388 g/mol. The summed E-state index contributed by atoms with van der Waals surface area (Å²) < 4.78 is 19.3. The Labute approximate surface area is 161 Å². The van der Waals surface area contributed by atoms with Gasteiger partial charge in [0.15, 0.2) is 6.10 Å². The Kier molecular flexibility index (Phi) is 6.34. The Morgan fingerprint density at radius 1 is 1.22 bits per heavy atom. The minimum absolute atomic E-state index is 0.135. The summed E-state index contributed by atoms with van der Waals surface area (Å²) in [5, 5.41) is 2.83. The molecule has 0 radical (unpaired) electrons. The van der Waals surface area contributed by atoms with Gasteiger partial charge in [0.05, 0.1) is 12.2 Å². The van der Waals surface area contributed by atoms with Crippen LogP contribution in [-0.4, -0.2) is 36.8 Å². The Morgan fingerprint density at radius 2 is 1.96 bits per heavy atom. The van der Waals surface area contributed by atoms with E-state index >= 15 is 0 Å². The summed E-state index contributed by atoms with van der Waals surface area (Å²) >= 11 is 1.54. The lowest BCUT2D eigenvalue weighted by molar-refractivity contribution is -0.128. The third-order valence-corrected chi connectivity index (χ3v) is 5.22. The Bertz CT molecular complexity index is 830. The summed E-state index contributed by atoms with van der Waals surface area (Å²) in [5.74, 6) is 1.11. The molecule has 0 aromatic heterocycles. The summed E-state index contributed by atoms with van der Waals surface area (Å²) in [6, 6.07) is 13.8. The van der Waals surface area contributed by atoms with Crippen molar-refractivity contribution in [1.29, 1.82) is 0 Å². The Hall–Kier alpha value is -2.54. The summed E-state index contributed by atoms with van der Waals surface area (Å²) in [7, 11) is 0. The van der Waals surface area contributed by atoms with Crippen LogP contribution in [0.5, 0.6) is 5.75 Å². The van der Waals surface area contributed by atoms with Crippen molar-refractivity contribution in [2.75, 3.05) is 23.7 Å². The zero-order chi connectivity index (χ0) is 19.2. The standard InChI is InChI=1S/C20H21FN2O3S/c1-14(24)23-12-19(26-18-9-5-4-8-17(18)23)20(25)22-10-11-27-13-15-6-2-3-7-16(15)21/h2-9,19H,10-13H2,1H3,(H,22,25)/t19-/m0/s1. The number of hydrogen-bond donors (Lipinski definition) is 1. The molecule has 2 aromatic carbocycles. The molecule has 2 amide bonds. The molecule has 1 N–H and O–H groups in total. The van der Waals surface area contributed by atoms with Crippen LogP contribution in [0, 0.1) is 5.82 Å². The van der Waals surface area contributed by atoms with Gasteiger partial charge in [0, 0.05) is 25.0 Å². The number of thioether (sulfide) groups is 1. The van der Waals surface area contributed by atoms with E-state index in [1.165, 1.54) is 13.0 Å². The van der Waals surface area contributed by atoms with Crippen LogP contribution in [0.4, 0.5) is 10.1 Å². The maximum absolute atomic E-state index is 13.6. The van der Waals surface area contributed by atoms with Crippen LogP contribution in [-0.2, 0) is 15.3 Å². The molecule has 0 aliphatic carbocycles. The topological polar surface area (TPSA) is 58.6 Å². The van der Waals surface area contributed by atoms with E-state index in [1.54, 1.807) is 53.1 Å². The van der Waals surface area contributed by atoms with Crippen molar-refractivity contribution in [1.82, 2.24) is 5.32 Å². The van der Waals surface area contributed by atoms with Crippen molar-refractivity contribution < 1.29 is 18.7 Å². The fraction of sp³-hybridized carbons (Fsp3) is 0.300. The number of anilines is 1.